The van der Waals surface area contributed by atoms with Crippen molar-refractivity contribution in [1.29, 1.82) is 5.26 Å². The molecule has 0 aromatic heterocycles. The molecular formula is C17H11ClN2O2. The predicted molar refractivity (Wildman–Crippen MR) is 81.8 cm³/mol. The summed E-state index contributed by atoms with van der Waals surface area (Å²) in [6, 6.07) is 17.2. The zero-order chi connectivity index (χ0) is 15.2. The zero-order valence-electron chi connectivity index (χ0n) is 11.5. The van der Waals surface area contributed by atoms with E-state index in [1.54, 1.807) is 12.1 Å². The highest BCUT2D eigenvalue weighted by Gasteiger charge is 2.55. The van der Waals surface area contributed by atoms with Gasteiger partial charge in [0.1, 0.15) is 18.1 Å². The van der Waals surface area contributed by atoms with Crippen LogP contribution in [0.1, 0.15) is 17.2 Å². The number of nitrogens with zero attached hydrogens (tertiary/aromatic N) is 2. The fourth-order valence-electron chi connectivity index (χ4n) is 2.94. The van der Waals surface area contributed by atoms with Crippen LogP contribution in [-0.2, 0) is 4.84 Å². The molecule has 2 atom stereocenters. The number of para-hydroxylation sites is 1. The first-order chi connectivity index (χ1) is 10.7. The van der Waals surface area contributed by atoms with Gasteiger partial charge in [0.25, 0.3) is 0 Å². The van der Waals surface area contributed by atoms with Crippen molar-refractivity contribution in [3.63, 3.8) is 0 Å². The van der Waals surface area contributed by atoms with Crippen LogP contribution < -0.4 is 4.74 Å². The molecular weight excluding hydrogens is 300 g/mol. The first-order valence-corrected chi connectivity index (χ1v) is 7.25. The van der Waals surface area contributed by atoms with Gasteiger partial charge >= 0.3 is 0 Å². The van der Waals surface area contributed by atoms with Gasteiger partial charge in [-0.25, -0.2) is 0 Å². The Kier molecular flexibility index (Phi) is 2.85. The average Bonchev–Trinajstić information content (AvgIpc) is 2.96. The molecule has 0 bridgehead atoms. The summed E-state index contributed by atoms with van der Waals surface area (Å²) in [5.41, 5.74) is 1.36. The molecule has 4 nitrogen and oxygen atoms in total. The number of fused-ring (bicyclic) bond motifs is 3. The van der Waals surface area contributed by atoms with Crippen LogP contribution in [0.5, 0.6) is 5.75 Å². The second-order valence-corrected chi connectivity index (χ2v) is 5.78. The second kappa shape index (κ2) is 4.75. The monoisotopic (exact) mass is 310 g/mol. The molecule has 0 fully saturated rings. The van der Waals surface area contributed by atoms with E-state index in [1.165, 1.54) is 0 Å². The highest BCUT2D eigenvalue weighted by atomic mass is 35.5. The topological polar surface area (TPSA) is 54.6 Å². The lowest BCUT2D eigenvalue weighted by Gasteiger charge is -2.32. The summed E-state index contributed by atoms with van der Waals surface area (Å²) in [7, 11) is 0. The van der Waals surface area contributed by atoms with Crippen molar-refractivity contribution in [1.82, 2.24) is 0 Å². The number of oxime groups is 1. The molecule has 22 heavy (non-hydrogen) atoms. The Morgan fingerprint density at radius 1 is 1.18 bits per heavy atom. The standard InChI is InChI=1S/C17H11ClN2O2/c18-12-7-5-11(6-8-12)16-17(9-19)10-21-14-4-2-1-3-13(14)15(17)20-22-16/h1-8,16H,10H2/t16-,17+/m0/s1. The number of hydrogen-bond acceptors (Lipinski definition) is 4. The second-order valence-electron chi connectivity index (χ2n) is 5.34. The van der Waals surface area contributed by atoms with Crippen LogP contribution in [0, 0.1) is 16.7 Å². The Bertz CT molecular complexity index is 810. The van der Waals surface area contributed by atoms with Crippen molar-refractivity contribution in [2.45, 2.75) is 6.10 Å². The number of rotatable bonds is 1. The van der Waals surface area contributed by atoms with Gasteiger partial charge in [0, 0.05) is 10.6 Å². The number of benzene rings is 2. The zero-order valence-corrected chi connectivity index (χ0v) is 12.2. The molecule has 2 aliphatic heterocycles. The molecule has 5 heteroatoms. The fraction of sp³-hybridized carbons (Fsp3) is 0.176. The van der Waals surface area contributed by atoms with Crippen molar-refractivity contribution >= 4 is 17.3 Å². The molecule has 0 unspecified atom stereocenters. The van der Waals surface area contributed by atoms with Gasteiger partial charge in [-0.2, -0.15) is 5.26 Å². The minimum Gasteiger partial charge on any atom is -0.491 e. The molecule has 0 saturated heterocycles. The van der Waals surface area contributed by atoms with Gasteiger partial charge in [0.15, 0.2) is 11.5 Å². The van der Waals surface area contributed by atoms with Gasteiger partial charge in [-0.15, -0.1) is 0 Å². The number of halogens is 1. The van der Waals surface area contributed by atoms with E-state index in [-0.39, 0.29) is 6.61 Å². The molecule has 0 N–H and O–H groups in total. The van der Waals surface area contributed by atoms with Crippen LogP contribution >= 0.6 is 11.6 Å². The Morgan fingerprint density at radius 3 is 2.73 bits per heavy atom. The minimum atomic E-state index is -0.942. The molecule has 4 rings (SSSR count). The first-order valence-electron chi connectivity index (χ1n) is 6.88. The summed E-state index contributed by atoms with van der Waals surface area (Å²) in [6.07, 6.45) is -0.502. The molecule has 2 aliphatic rings. The largest absolute Gasteiger partial charge is 0.491 e. The smallest absolute Gasteiger partial charge is 0.180 e. The Morgan fingerprint density at radius 2 is 1.95 bits per heavy atom. The highest BCUT2D eigenvalue weighted by Crippen LogP contribution is 2.49. The maximum Gasteiger partial charge on any atom is 0.180 e. The van der Waals surface area contributed by atoms with Gasteiger partial charge in [-0.3, -0.25) is 0 Å². The van der Waals surface area contributed by atoms with E-state index in [0.717, 1.165) is 16.9 Å². The van der Waals surface area contributed by atoms with Gasteiger partial charge < -0.3 is 9.57 Å². The summed E-state index contributed by atoms with van der Waals surface area (Å²) in [4.78, 5) is 5.62. The van der Waals surface area contributed by atoms with Crippen molar-refractivity contribution in [2.75, 3.05) is 6.61 Å². The third-order valence-corrected chi connectivity index (χ3v) is 4.34. The lowest BCUT2D eigenvalue weighted by Crippen LogP contribution is -2.42. The first kappa shape index (κ1) is 13.2. The maximum atomic E-state index is 9.85. The van der Waals surface area contributed by atoms with E-state index in [0.29, 0.717) is 10.7 Å². The summed E-state index contributed by atoms with van der Waals surface area (Å²) in [5.74, 6) is 0.729. The van der Waals surface area contributed by atoms with Crippen LogP contribution in [0.25, 0.3) is 0 Å². The molecule has 0 radical (unpaired) electrons. The number of ether oxygens (including phenoxy) is 1. The van der Waals surface area contributed by atoms with Gasteiger partial charge in [0.05, 0.1) is 6.07 Å². The summed E-state index contributed by atoms with van der Waals surface area (Å²) < 4.78 is 5.80. The van der Waals surface area contributed by atoms with E-state index in [1.807, 2.05) is 36.4 Å². The SMILES string of the molecule is N#C[C@@]12COc3ccccc3C1=NO[C@H]2c1ccc(Cl)cc1. The summed E-state index contributed by atoms with van der Waals surface area (Å²) in [6.45, 7) is 0.215. The quantitative estimate of drug-likeness (QED) is 0.806. The minimum absolute atomic E-state index is 0.215. The van der Waals surface area contributed by atoms with Crippen LogP contribution in [0.3, 0.4) is 0 Å². The number of nitriles is 1. The van der Waals surface area contributed by atoms with Gasteiger partial charge in [0.2, 0.25) is 0 Å². The average molecular weight is 311 g/mol. The molecule has 108 valence electrons. The Balaban J connectivity index is 1.82. The molecule has 0 amide bonds. The van der Waals surface area contributed by atoms with Crippen LogP contribution in [0.15, 0.2) is 53.7 Å². The third-order valence-electron chi connectivity index (χ3n) is 4.09. The van der Waals surface area contributed by atoms with Crippen molar-refractivity contribution in [3.05, 3.63) is 64.7 Å². The van der Waals surface area contributed by atoms with E-state index in [2.05, 4.69) is 11.2 Å². The number of hydrogen-bond donors (Lipinski definition) is 0. The third kappa shape index (κ3) is 1.73. The van der Waals surface area contributed by atoms with E-state index < -0.39 is 11.5 Å². The van der Waals surface area contributed by atoms with Crippen molar-refractivity contribution < 1.29 is 9.57 Å². The maximum absolute atomic E-state index is 9.85. The van der Waals surface area contributed by atoms with E-state index in [9.17, 15) is 5.26 Å². The van der Waals surface area contributed by atoms with Crippen LogP contribution in [-0.4, -0.2) is 12.3 Å². The van der Waals surface area contributed by atoms with E-state index in [4.69, 9.17) is 21.2 Å². The summed E-state index contributed by atoms with van der Waals surface area (Å²) in [5, 5.41) is 14.7. The highest BCUT2D eigenvalue weighted by molar-refractivity contribution is 6.30. The Hall–Kier alpha value is -2.51. The molecule has 0 spiro atoms. The van der Waals surface area contributed by atoms with Gasteiger partial charge in [-0.05, 0) is 29.8 Å². The van der Waals surface area contributed by atoms with E-state index >= 15 is 0 Å². The predicted octanol–water partition coefficient (Wildman–Crippen LogP) is 3.72. The molecule has 0 aliphatic carbocycles. The fourth-order valence-corrected chi connectivity index (χ4v) is 3.07. The molecule has 0 saturated carbocycles. The summed E-state index contributed by atoms with van der Waals surface area (Å²) >= 11 is 5.93. The molecule has 2 aromatic carbocycles. The van der Waals surface area contributed by atoms with Crippen LogP contribution in [0.2, 0.25) is 5.02 Å². The molecule has 2 aromatic rings. The lowest BCUT2D eigenvalue weighted by molar-refractivity contribution is 0.0242. The van der Waals surface area contributed by atoms with Crippen LogP contribution in [0.4, 0.5) is 0 Å². The van der Waals surface area contributed by atoms with Gasteiger partial charge in [-0.1, -0.05) is 41.0 Å². The normalized spacial score (nSPS) is 25.1. The van der Waals surface area contributed by atoms with Crippen molar-refractivity contribution in [3.8, 4) is 11.8 Å². The van der Waals surface area contributed by atoms with Crippen molar-refractivity contribution in [2.24, 2.45) is 10.6 Å². The lowest BCUT2D eigenvalue weighted by atomic mass is 9.73. The Labute approximate surface area is 132 Å². The molecule has 2 heterocycles.